The number of aliphatic hydroxyl groups excluding tert-OH is 3. The summed E-state index contributed by atoms with van der Waals surface area (Å²) < 4.78 is 48.4. The van der Waals surface area contributed by atoms with Crippen LogP contribution in [-0.4, -0.2) is 98.2 Å². The number of amides is 2. The number of H-pyrrole nitrogens is 1. The number of aliphatic carboxylic acids is 1. The van der Waals surface area contributed by atoms with E-state index in [4.69, 9.17) is 9.47 Å². The van der Waals surface area contributed by atoms with Gasteiger partial charge in [0.2, 0.25) is 11.8 Å². The molecule has 2 aliphatic rings. The van der Waals surface area contributed by atoms with Gasteiger partial charge in [0.15, 0.2) is 12.5 Å². The number of nitrogens with zero attached hydrogens (tertiary/aromatic N) is 1. The number of phosphoric ester groups is 2. The van der Waals surface area contributed by atoms with Gasteiger partial charge >= 0.3 is 94.4 Å². The Morgan fingerprint density at radius 3 is 2.04 bits per heavy atom. The molecule has 46 heavy (non-hydrogen) atoms. The number of rotatable bonds is 11. The summed E-state index contributed by atoms with van der Waals surface area (Å²) in [5, 5.41) is 46.3. The van der Waals surface area contributed by atoms with Gasteiger partial charge in [0.05, 0.1) is 18.6 Å². The predicted octanol–water partition coefficient (Wildman–Crippen LogP) is -16.0. The molecule has 2 aliphatic heterocycles. The third kappa shape index (κ3) is 12.2. The summed E-state index contributed by atoms with van der Waals surface area (Å²) in [7, 11) is -12.1. The number of hydrogen-bond donors (Lipinski definition) is 6. The molecular formula is C19H25N4Na3O18P2. The van der Waals surface area contributed by atoms with Gasteiger partial charge in [0, 0.05) is 26.1 Å². The Hall–Kier alpha value is 0.150. The maximum Gasteiger partial charge on any atom is 1.00 e. The zero-order valence-electron chi connectivity index (χ0n) is 24.9. The molecule has 0 bridgehead atoms. The topological polar surface area (TPSA) is 340 Å². The second kappa shape index (κ2) is 18.9. The number of hydrogen-bond acceptors (Lipinski definition) is 18. The molecule has 11 unspecified atom stereocenters. The SMILES string of the molecule is CC(=O)NC1C(OP(=O)([O-])OP(=O)([O-])OCC2OC(n3ccc(=O)[nH]c3=O)C(O)C2O)OC(C(=O)[O-])C(O)C1NC(C)=O.[Na+].[Na+].[Na+]. The number of ether oxygens (including phenoxy) is 2. The molecule has 0 aromatic carbocycles. The molecule has 0 radical (unpaired) electrons. The van der Waals surface area contributed by atoms with Gasteiger partial charge in [-0.3, -0.25) is 37.6 Å². The van der Waals surface area contributed by atoms with Crippen molar-refractivity contribution < 1.29 is 165 Å². The zero-order chi connectivity index (χ0) is 32.4. The monoisotopic (exact) mass is 728 g/mol. The van der Waals surface area contributed by atoms with Crippen molar-refractivity contribution >= 4 is 33.4 Å². The number of aromatic amines is 1. The van der Waals surface area contributed by atoms with Crippen LogP contribution in [0.1, 0.15) is 20.1 Å². The molecule has 2 fully saturated rings. The van der Waals surface area contributed by atoms with Crippen LogP contribution < -0.4 is 125 Å². The zero-order valence-corrected chi connectivity index (χ0v) is 32.7. The van der Waals surface area contributed by atoms with Crippen LogP contribution in [0.5, 0.6) is 0 Å². The first-order chi connectivity index (χ1) is 19.8. The van der Waals surface area contributed by atoms with Crippen molar-refractivity contribution in [2.75, 3.05) is 6.61 Å². The molecule has 0 saturated carbocycles. The molecule has 2 amide bonds. The minimum atomic E-state index is -6.13. The second-order valence-corrected chi connectivity index (χ2v) is 12.0. The second-order valence-electron chi connectivity index (χ2n) is 9.13. The fraction of sp³-hybridized carbons (Fsp3) is 0.632. The van der Waals surface area contributed by atoms with E-state index in [0.29, 0.717) is 4.57 Å². The van der Waals surface area contributed by atoms with Crippen LogP contribution in [0.3, 0.4) is 0 Å². The van der Waals surface area contributed by atoms with E-state index in [0.717, 1.165) is 26.1 Å². The first kappa shape index (κ1) is 46.1. The normalized spacial score (nSPS) is 31.4. The number of aliphatic hydroxyl groups is 3. The van der Waals surface area contributed by atoms with Gasteiger partial charge in [0.25, 0.3) is 21.2 Å². The van der Waals surface area contributed by atoms with Crippen LogP contribution in [0, 0.1) is 0 Å². The largest absolute Gasteiger partial charge is 1.00 e. The summed E-state index contributed by atoms with van der Waals surface area (Å²) in [6, 6.07) is -2.70. The average molecular weight is 728 g/mol. The smallest absolute Gasteiger partial charge is 0.756 e. The summed E-state index contributed by atoms with van der Waals surface area (Å²) >= 11 is 0. The Kier molecular flexibility index (Phi) is 19.0. The number of carbonyl (C=O) groups is 3. The van der Waals surface area contributed by atoms with Gasteiger partial charge < -0.3 is 59.6 Å². The molecule has 0 aliphatic carbocycles. The fourth-order valence-corrected chi connectivity index (χ4v) is 6.24. The van der Waals surface area contributed by atoms with Gasteiger partial charge in [-0.05, 0) is 0 Å². The van der Waals surface area contributed by atoms with Crippen LogP contribution >= 0.6 is 15.6 Å². The van der Waals surface area contributed by atoms with Crippen LogP contribution in [0.15, 0.2) is 21.9 Å². The van der Waals surface area contributed by atoms with Gasteiger partial charge in [-0.15, -0.1) is 0 Å². The minimum absolute atomic E-state index is 0. The van der Waals surface area contributed by atoms with E-state index in [1.54, 1.807) is 0 Å². The summed E-state index contributed by atoms with van der Waals surface area (Å²) in [5.41, 5.74) is -1.84. The summed E-state index contributed by atoms with van der Waals surface area (Å²) in [5.74, 6) is -3.88. The van der Waals surface area contributed by atoms with E-state index >= 15 is 0 Å². The number of carboxylic acid groups (broad SMARTS) is 1. The third-order valence-corrected chi connectivity index (χ3v) is 8.43. The van der Waals surface area contributed by atoms with E-state index in [1.165, 1.54) is 0 Å². The Bertz CT molecular complexity index is 1450. The first-order valence-corrected chi connectivity index (χ1v) is 14.8. The molecule has 1 aromatic heterocycles. The van der Waals surface area contributed by atoms with Crippen LogP contribution in [-0.2, 0) is 46.3 Å². The molecule has 1 aromatic rings. The molecular weight excluding hydrogens is 703 g/mol. The van der Waals surface area contributed by atoms with Crippen LogP contribution in [0.2, 0.25) is 0 Å². The average Bonchev–Trinajstić information content (AvgIpc) is 3.13. The van der Waals surface area contributed by atoms with Gasteiger partial charge in [-0.25, -0.2) is 9.11 Å². The Morgan fingerprint density at radius 1 is 0.957 bits per heavy atom. The molecule has 11 atom stereocenters. The molecule has 27 heteroatoms. The Labute approximate surface area is 324 Å². The van der Waals surface area contributed by atoms with Gasteiger partial charge in [-0.2, -0.15) is 0 Å². The number of carboxylic acids is 1. The fourth-order valence-electron chi connectivity index (χ4n) is 4.15. The van der Waals surface area contributed by atoms with E-state index in [9.17, 15) is 63.3 Å². The molecule has 6 N–H and O–H groups in total. The van der Waals surface area contributed by atoms with Crippen molar-refractivity contribution in [2.45, 2.75) is 69.0 Å². The van der Waals surface area contributed by atoms with E-state index in [1.807, 2.05) is 4.98 Å². The summed E-state index contributed by atoms with van der Waals surface area (Å²) in [4.78, 5) is 84.6. The van der Waals surface area contributed by atoms with Crippen molar-refractivity contribution in [3.8, 4) is 0 Å². The van der Waals surface area contributed by atoms with E-state index in [-0.39, 0.29) is 88.7 Å². The quantitative estimate of drug-likeness (QED) is 0.0910. The van der Waals surface area contributed by atoms with Crippen LogP contribution in [0.25, 0.3) is 0 Å². The molecule has 2 saturated heterocycles. The van der Waals surface area contributed by atoms with E-state index < -0.39 is 106 Å². The van der Waals surface area contributed by atoms with Crippen molar-refractivity contribution in [1.29, 1.82) is 0 Å². The maximum absolute atomic E-state index is 12.5. The van der Waals surface area contributed by atoms with Crippen molar-refractivity contribution in [1.82, 2.24) is 20.2 Å². The minimum Gasteiger partial charge on any atom is -0.756 e. The standard InChI is InChI=1S/C19H28N4O18P2.3Na/c1-6(24)20-10-11(21-7(2)25)18(39-15(13(10)28)17(30)31)40-43(35,36)41-42(33,34)37-5-8-12(27)14(29)16(38-8)23-4-3-9(26)22-19(23)32;;;/h3-4,8,10-16,18,27-29H,5H2,1-2H3,(H,20,24)(H,21,25)(H,30,31)(H,33,34)(H,35,36)(H,22,26,32);;;/q;3*+1/p-3. The predicted molar refractivity (Wildman–Crippen MR) is 125 cm³/mol. The Balaban J connectivity index is 0.00000675. The van der Waals surface area contributed by atoms with E-state index in [2.05, 4.69) is 24.0 Å². The van der Waals surface area contributed by atoms with Gasteiger partial charge in [-0.1, -0.05) is 0 Å². The third-order valence-electron chi connectivity index (χ3n) is 5.90. The van der Waals surface area contributed by atoms with Crippen LogP contribution in [0.4, 0.5) is 0 Å². The number of aromatic nitrogens is 2. The summed E-state index contributed by atoms with van der Waals surface area (Å²) in [6.07, 6.45) is -13.0. The maximum atomic E-state index is 12.5. The number of phosphoric acid groups is 2. The molecule has 3 heterocycles. The van der Waals surface area contributed by atoms with Gasteiger partial charge in [0.1, 0.15) is 36.6 Å². The molecule has 242 valence electrons. The number of carbonyl (C=O) groups excluding carboxylic acids is 3. The van der Waals surface area contributed by atoms with Crippen molar-refractivity contribution in [3.63, 3.8) is 0 Å². The molecule has 3 rings (SSSR count). The Morgan fingerprint density at radius 2 is 1.52 bits per heavy atom. The summed E-state index contributed by atoms with van der Waals surface area (Å²) in [6.45, 7) is 0.668. The number of nitrogens with one attached hydrogen (secondary N) is 3. The first-order valence-electron chi connectivity index (χ1n) is 11.9. The van der Waals surface area contributed by atoms with Crippen molar-refractivity contribution in [3.05, 3.63) is 33.1 Å². The molecule has 22 nitrogen and oxygen atoms in total. The molecule has 0 spiro atoms. The van der Waals surface area contributed by atoms with Crippen molar-refractivity contribution in [2.24, 2.45) is 0 Å².